The Labute approximate surface area is 150 Å². The summed E-state index contributed by atoms with van der Waals surface area (Å²) in [7, 11) is 0. The van der Waals surface area contributed by atoms with Crippen LogP contribution in [0.1, 0.15) is 36.0 Å². The van der Waals surface area contributed by atoms with Gasteiger partial charge >= 0.3 is 0 Å². The molecule has 1 aromatic rings. The minimum absolute atomic E-state index is 0. The van der Waals surface area contributed by atoms with Gasteiger partial charge in [0.25, 0.3) is 5.91 Å². The number of nitrogens with zero attached hydrogens (tertiary/aromatic N) is 3. The Kier molecular flexibility index (Phi) is 5.65. The van der Waals surface area contributed by atoms with Crippen LogP contribution in [0.15, 0.2) is 6.20 Å². The molecule has 136 valence electrons. The first-order chi connectivity index (χ1) is 11.5. The predicted octanol–water partition coefficient (Wildman–Crippen LogP) is 0.693. The molecule has 1 saturated heterocycles. The van der Waals surface area contributed by atoms with Crippen molar-refractivity contribution >= 4 is 30.0 Å². The lowest BCUT2D eigenvalue weighted by Crippen LogP contribution is -2.53. The normalized spacial score (nSPS) is 25.5. The molecule has 0 bridgehead atoms. The lowest BCUT2D eigenvalue weighted by atomic mass is 9.84. The highest BCUT2D eigenvalue weighted by molar-refractivity contribution is 6.02. The fourth-order valence-corrected chi connectivity index (χ4v) is 2.99. The maximum atomic E-state index is 14.6. The van der Waals surface area contributed by atoms with Gasteiger partial charge in [-0.2, -0.15) is 10.4 Å². The van der Waals surface area contributed by atoms with Crippen molar-refractivity contribution in [3.05, 3.63) is 11.8 Å². The van der Waals surface area contributed by atoms with Gasteiger partial charge in [-0.1, -0.05) is 0 Å². The molecule has 4 N–H and O–H groups in total. The number of carbonyl (C=O) groups is 2. The predicted molar refractivity (Wildman–Crippen MR) is 89.9 cm³/mol. The highest BCUT2D eigenvalue weighted by atomic mass is 35.5. The number of nitrogens with two attached hydrogens (primary N) is 1. The van der Waals surface area contributed by atoms with Crippen LogP contribution in [0.5, 0.6) is 0 Å². The number of halogens is 2. The summed E-state index contributed by atoms with van der Waals surface area (Å²) in [5, 5.41) is 18.9. The molecule has 10 heteroatoms. The van der Waals surface area contributed by atoms with Gasteiger partial charge in [-0.25, -0.2) is 4.39 Å². The van der Waals surface area contributed by atoms with Crippen LogP contribution in [0.4, 0.5) is 10.2 Å². The summed E-state index contributed by atoms with van der Waals surface area (Å²) >= 11 is 0. The Morgan fingerprint density at radius 2 is 2.28 bits per heavy atom. The molecule has 25 heavy (non-hydrogen) atoms. The van der Waals surface area contributed by atoms with Crippen LogP contribution in [-0.2, 0) is 10.3 Å². The third-order valence-corrected chi connectivity index (χ3v) is 4.65. The summed E-state index contributed by atoms with van der Waals surface area (Å²) in [5.41, 5.74) is 4.21. The molecule has 0 spiro atoms. The van der Waals surface area contributed by atoms with Gasteiger partial charge < -0.3 is 16.4 Å². The third kappa shape index (κ3) is 3.60. The zero-order chi connectivity index (χ0) is 17.3. The van der Waals surface area contributed by atoms with E-state index < -0.39 is 17.6 Å². The highest BCUT2D eigenvalue weighted by Gasteiger charge is 2.44. The summed E-state index contributed by atoms with van der Waals surface area (Å²) in [5.74, 6) is -1.03. The Morgan fingerprint density at radius 3 is 2.84 bits per heavy atom. The van der Waals surface area contributed by atoms with Gasteiger partial charge in [0.15, 0.2) is 5.82 Å². The standard InChI is InChI=1S/C15H19FN6O2.ClH/c16-11-7-19-6-4-15(11,3-5-17)22-8-10(12(18)23)13(21-22)20-14(24)9-1-2-9;/h8-9,11,19H,1-4,6-7H2,(H2,18,23)(H,20,21,24);1H. The Hall–Kier alpha value is -2.18. The minimum atomic E-state index is -1.35. The van der Waals surface area contributed by atoms with Crippen LogP contribution in [-0.4, -0.2) is 40.9 Å². The second-order valence-corrected chi connectivity index (χ2v) is 6.32. The number of anilines is 1. The number of hydrogen-bond donors (Lipinski definition) is 3. The number of amides is 2. The average Bonchev–Trinajstić information content (AvgIpc) is 3.31. The molecule has 1 aliphatic carbocycles. The van der Waals surface area contributed by atoms with Gasteiger partial charge in [0.2, 0.25) is 5.91 Å². The lowest BCUT2D eigenvalue weighted by Gasteiger charge is -2.39. The molecule has 1 saturated carbocycles. The molecular formula is C15H20ClFN6O2. The summed E-state index contributed by atoms with van der Waals surface area (Å²) in [6.45, 7) is 0.620. The Balaban J connectivity index is 0.00000225. The van der Waals surface area contributed by atoms with E-state index in [4.69, 9.17) is 11.0 Å². The first-order valence-corrected chi connectivity index (χ1v) is 7.90. The van der Waals surface area contributed by atoms with Crippen molar-refractivity contribution in [3.63, 3.8) is 0 Å². The van der Waals surface area contributed by atoms with Crippen LogP contribution in [0, 0.1) is 17.2 Å². The summed E-state index contributed by atoms with van der Waals surface area (Å²) in [6, 6.07) is 2.00. The van der Waals surface area contributed by atoms with Gasteiger partial charge in [-0.15, -0.1) is 12.4 Å². The van der Waals surface area contributed by atoms with Crippen LogP contribution < -0.4 is 16.4 Å². The van der Waals surface area contributed by atoms with Crippen LogP contribution in [0.25, 0.3) is 0 Å². The molecule has 8 nitrogen and oxygen atoms in total. The van der Waals surface area contributed by atoms with Crippen molar-refractivity contribution < 1.29 is 14.0 Å². The maximum Gasteiger partial charge on any atom is 0.254 e. The largest absolute Gasteiger partial charge is 0.365 e. The van der Waals surface area contributed by atoms with Gasteiger partial charge in [-0.3, -0.25) is 14.3 Å². The molecule has 1 aliphatic heterocycles. The van der Waals surface area contributed by atoms with Gasteiger partial charge in [0.1, 0.15) is 17.3 Å². The van der Waals surface area contributed by atoms with E-state index in [-0.39, 0.29) is 48.6 Å². The lowest BCUT2D eigenvalue weighted by molar-refractivity contribution is -0.117. The fourth-order valence-electron chi connectivity index (χ4n) is 2.99. The topological polar surface area (TPSA) is 126 Å². The maximum absolute atomic E-state index is 14.6. The van der Waals surface area contributed by atoms with Crippen molar-refractivity contribution in [1.82, 2.24) is 15.1 Å². The SMILES string of the molecule is Cl.N#CCC1(n2cc(C(N)=O)c(NC(=O)C3CC3)n2)CCNCC1F. The molecule has 2 aliphatic rings. The third-order valence-electron chi connectivity index (χ3n) is 4.65. The molecule has 1 aromatic heterocycles. The summed E-state index contributed by atoms with van der Waals surface area (Å²) < 4.78 is 15.9. The molecule has 0 radical (unpaired) electrons. The van der Waals surface area contributed by atoms with Gasteiger partial charge in [0.05, 0.1) is 12.5 Å². The number of nitrogens with one attached hydrogen (secondary N) is 2. The molecule has 2 unspecified atom stereocenters. The van der Waals surface area contributed by atoms with E-state index in [2.05, 4.69) is 15.7 Å². The first kappa shape index (κ1) is 19.1. The van der Waals surface area contributed by atoms with Gasteiger partial charge in [0, 0.05) is 18.7 Å². The summed E-state index contributed by atoms with van der Waals surface area (Å²) in [6.07, 6.45) is 1.84. The molecule has 2 amide bonds. The van der Waals surface area contributed by atoms with E-state index in [9.17, 15) is 14.0 Å². The van der Waals surface area contributed by atoms with E-state index in [1.165, 1.54) is 10.9 Å². The van der Waals surface area contributed by atoms with E-state index in [1.54, 1.807) is 0 Å². The number of primary amides is 1. The van der Waals surface area contributed by atoms with Crippen molar-refractivity contribution in [1.29, 1.82) is 5.26 Å². The Morgan fingerprint density at radius 1 is 1.56 bits per heavy atom. The van der Waals surface area contributed by atoms with Crippen LogP contribution in [0.3, 0.4) is 0 Å². The van der Waals surface area contributed by atoms with Crippen molar-refractivity contribution in [2.24, 2.45) is 11.7 Å². The smallest absolute Gasteiger partial charge is 0.254 e. The number of hydrogen-bond acceptors (Lipinski definition) is 5. The zero-order valence-corrected chi connectivity index (χ0v) is 14.3. The monoisotopic (exact) mass is 370 g/mol. The number of rotatable bonds is 5. The quantitative estimate of drug-likeness (QED) is 0.703. The first-order valence-electron chi connectivity index (χ1n) is 7.90. The van der Waals surface area contributed by atoms with Gasteiger partial charge in [-0.05, 0) is 25.8 Å². The zero-order valence-electron chi connectivity index (χ0n) is 13.5. The van der Waals surface area contributed by atoms with E-state index >= 15 is 0 Å². The second kappa shape index (κ2) is 7.37. The van der Waals surface area contributed by atoms with Crippen molar-refractivity contribution in [2.45, 2.75) is 37.4 Å². The molecule has 0 aromatic carbocycles. The Bertz CT molecular complexity index is 713. The van der Waals surface area contributed by atoms with E-state index in [1.807, 2.05) is 6.07 Å². The fraction of sp³-hybridized carbons (Fsp3) is 0.600. The number of carbonyl (C=O) groups excluding carboxylic acids is 2. The number of aromatic nitrogens is 2. The number of piperidine rings is 1. The van der Waals surface area contributed by atoms with Crippen LogP contribution >= 0.6 is 12.4 Å². The molecule has 2 atom stereocenters. The van der Waals surface area contributed by atoms with Crippen molar-refractivity contribution in [3.8, 4) is 6.07 Å². The second-order valence-electron chi connectivity index (χ2n) is 6.32. The molecular weight excluding hydrogens is 351 g/mol. The molecule has 2 heterocycles. The molecule has 2 fully saturated rings. The summed E-state index contributed by atoms with van der Waals surface area (Å²) in [4.78, 5) is 23.6. The van der Waals surface area contributed by atoms with Crippen molar-refractivity contribution in [2.75, 3.05) is 18.4 Å². The van der Waals surface area contributed by atoms with E-state index in [0.29, 0.717) is 13.0 Å². The number of nitriles is 1. The molecule has 3 rings (SSSR count). The van der Waals surface area contributed by atoms with Crippen LogP contribution in [0.2, 0.25) is 0 Å². The average molecular weight is 371 g/mol. The minimum Gasteiger partial charge on any atom is -0.365 e. The highest BCUT2D eigenvalue weighted by Crippen LogP contribution is 2.35. The number of alkyl halides is 1. The van der Waals surface area contributed by atoms with E-state index in [0.717, 1.165) is 12.8 Å².